The van der Waals surface area contributed by atoms with Crippen LogP contribution in [0.15, 0.2) is 102 Å². The first kappa shape index (κ1) is 37.3. The second-order valence-corrected chi connectivity index (χ2v) is 17.0. The summed E-state index contributed by atoms with van der Waals surface area (Å²) in [5.74, 6) is 2.82. The highest BCUT2D eigenvalue weighted by molar-refractivity contribution is 7.89. The van der Waals surface area contributed by atoms with E-state index in [1.54, 1.807) is 27.4 Å². The molecule has 0 radical (unpaired) electrons. The Morgan fingerprint density at radius 2 is 1.62 bits per heavy atom. The highest BCUT2D eigenvalue weighted by atomic mass is 35.5. The van der Waals surface area contributed by atoms with Crippen LogP contribution in [-0.4, -0.2) is 59.9 Å². The Bertz CT molecular complexity index is 1970. The molecule has 3 aliphatic rings. The molecule has 0 N–H and O–H groups in total. The van der Waals surface area contributed by atoms with E-state index in [2.05, 4.69) is 23.6 Å². The van der Waals surface area contributed by atoms with Crippen LogP contribution in [0.5, 0.6) is 17.2 Å². The van der Waals surface area contributed by atoms with Crippen molar-refractivity contribution in [1.82, 2.24) is 4.31 Å². The fourth-order valence-corrected chi connectivity index (χ4v) is 10.1. The van der Waals surface area contributed by atoms with Crippen LogP contribution in [0.25, 0.3) is 0 Å². The maximum atomic E-state index is 14.8. The van der Waals surface area contributed by atoms with Gasteiger partial charge in [0.25, 0.3) is 0 Å². The summed E-state index contributed by atoms with van der Waals surface area (Å²) in [6.07, 6.45) is 6.99. The number of anilines is 1. The van der Waals surface area contributed by atoms with Crippen LogP contribution in [0.3, 0.4) is 0 Å². The van der Waals surface area contributed by atoms with Gasteiger partial charge in [0, 0.05) is 43.7 Å². The van der Waals surface area contributed by atoms with E-state index in [-0.39, 0.29) is 29.5 Å². The molecule has 0 amide bonds. The molecule has 4 aromatic carbocycles. The van der Waals surface area contributed by atoms with E-state index in [1.807, 2.05) is 72.8 Å². The maximum Gasteiger partial charge on any atom is 0.243 e. The summed E-state index contributed by atoms with van der Waals surface area (Å²) < 4.78 is 54.5. The van der Waals surface area contributed by atoms with Gasteiger partial charge >= 0.3 is 0 Å². The zero-order valence-electron chi connectivity index (χ0n) is 30.8. The number of hydrogen-bond donors (Lipinski definition) is 0. The molecule has 1 fully saturated rings. The van der Waals surface area contributed by atoms with Crippen LogP contribution in [0.2, 0.25) is 5.02 Å². The smallest absolute Gasteiger partial charge is 0.243 e. The second-order valence-electron chi connectivity index (χ2n) is 14.6. The minimum atomic E-state index is -4.00. The van der Waals surface area contributed by atoms with Crippen LogP contribution in [0.1, 0.15) is 47.9 Å². The van der Waals surface area contributed by atoms with Gasteiger partial charge in [0.05, 0.1) is 37.5 Å². The van der Waals surface area contributed by atoms with Gasteiger partial charge in [0.1, 0.15) is 17.2 Å². The molecule has 4 atom stereocenters. The van der Waals surface area contributed by atoms with Gasteiger partial charge in [-0.05, 0) is 121 Å². The molecule has 8 nitrogen and oxygen atoms in total. The first-order valence-corrected chi connectivity index (χ1v) is 20.2. The minimum absolute atomic E-state index is 0.0286. The third kappa shape index (κ3) is 7.67. The zero-order chi connectivity index (χ0) is 37.2. The number of ether oxygens (including phenoxy) is 4. The van der Waals surface area contributed by atoms with Crippen molar-refractivity contribution >= 4 is 27.3 Å². The number of hydrogen-bond acceptors (Lipinski definition) is 7. The van der Waals surface area contributed by atoms with Crippen LogP contribution in [0, 0.1) is 11.8 Å². The standard InChI is InChI=1S/C43H49ClN2O6S/c1-5-41(51-4)38-19-12-33(38)27-45-28-43(22-6-7-32-23-34(44)13-20-39(32)43)29-52-42-21-18-37(24-40(42)45)53(47,48)46(25-30-8-14-35(49-2)15-9-30)26-31-10-16-36(50-3)17-11-31/h5,8-11,13-18,20-21,23-24,33,38,41H,1,6-7,12,19,22,25-29H2,2-4H3/t33-,38+,41-,43-/m0/s1. The van der Waals surface area contributed by atoms with E-state index < -0.39 is 10.0 Å². The van der Waals surface area contributed by atoms with Crippen LogP contribution >= 0.6 is 11.6 Å². The number of halogens is 1. The number of aryl methyl sites for hydroxylation is 1. The molecule has 10 heteroatoms. The number of benzene rings is 4. The van der Waals surface area contributed by atoms with Gasteiger partial charge in [-0.25, -0.2) is 8.42 Å². The second kappa shape index (κ2) is 15.8. The summed E-state index contributed by atoms with van der Waals surface area (Å²) in [4.78, 5) is 2.62. The highest BCUT2D eigenvalue weighted by Crippen LogP contribution is 2.47. The lowest BCUT2D eigenvalue weighted by atomic mass is 9.68. The van der Waals surface area contributed by atoms with Crippen LogP contribution in [0.4, 0.5) is 5.69 Å². The van der Waals surface area contributed by atoms with Gasteiger partial charge in [0.2, 0.25) is 10.0 Å². The van der Waals surface area contributed by atoms with Gasteiger partial charge in [-0.15, -0.1) is 6.58 Å². The largest absolute Gasteiger partial charge is 0.497 e. The third-order valence-corrected chi connectivity index (χ3v) is 13.6. The molecule has 1 aliphatic heterocycles. The highest BCUT2D eigenvalue weighted by Gasteiger charge is 2.44. The predicted octanol–water partition coefficient (Wildman–Crippen LogP) is 8.45. The Balaban J connectivity index is 1.27. The number of sulfonamides is 1. The van der Waals surface area contributed by atoms with Crippen molar-refractivity contribution in [1.29, 1.82) is 0 Å². The average molecular weight is 757 g/mol. The van der Waals surface area contributed by atoms with Crippen molar-refractivity contribution in [2.45, 2.75) is 61.6 Å². The van der Waals surface area contributed by atoms with E-state index in [9.17, 15) is 8.42 Å². The molecular formula is C43H49ClN2O6S. The van der Waals surface area contributed by atoms with Crippen molar-refractivity contribution < 1.29 is 27.4 Å². The first-order chi connectivity index (χ1) is 25.7. The summed E-state index contributed by atoms with van der Waals surface area (Å²) in [6.45, 7) is 6.37. The number of rotatable bonds is 13. The van der Waals surface area contributed by atoms with E-state index in [0.717, 1.165) is 60.5 Å². The molecule has 0 aromatic heterocycles. The Labute approximate surface area is 319 Å². The molecule has 280 valence electrons. The van der Waals surface area contributed by atoms with Gasteiger partial charge in [-0.2, -0.15) is 4.31 Å². The topological polar surface area (TPSA) is 77.5 Å². The molecule has 2 aliphatic carbocycles. The van der Waals surface area contributed by atoms with Gasteiger partial charge in [0.15, 0.2) is 0 Å². The zero-order valence-corrected chi connectivity index (χ0v) is 32.4. The number of methoxy groups -OCH3 is 3. The van der Waals surface area contributed by atoms with E-state index in [0.29, 0.717) is 42.2 Å². The first-order valence-electron chi connectivity index (χ1n) is 18.4. The van der Waals surface area contributed by atoms with Gasteiger partial charge in [-0.3, -0.25) is 0 Å². The minimum Gasteiger partial charge on any atom is -0.497 e. The number of nitrogens with zero attached hydrogens (tertiary/aromatic N) is 2. The summed E-state index contributed by atoms with van der Waals surface area (Å²) >= 11 is 6.49. The Morgan fingerprint density at radius 3 is 2.21 bits per heavy atom. The molecule has 0 bridgehead atoms. The molecule has 7 rings (SSSR count). The fraction of sp³-hybridized carbons (Fsp3) is 0.395. The lowest BCUT2D eigenvalue weighted by Crippen LogP contribution is -2.49. The molecular weight excluding hydrogens is 708 g/mol. The quantitative estimate of drug-likeness (QED) is 0.127. The van der Waals surface area contributed by atoms with Crippen molar-refractivity contribution in [3.05, 3.63) is 125 Å². The SMILES string of the molecule is C=C[C@H](OC)[C@@H]1CC[C@H]1CN1C[C@@]2(CCCc3cc(Cl)ccc32)COc2ccc(S(=O)(=O)N(Cc3ccc(OC)cc3)Cc3ccc(OC)cc3)cc21. The molecule has 4 aromatic rings. The Kier molecular flexibility index (Phi) is 11.1. The lowest BCUT2D eigenvalue weighted by Gasteiger charge is -2.46. The van der Waals surface area contributed by atoms with E-state index in [4.69, 9.17) is 30.5 Å². The normalized spacial score (nSPS) is 21.5. The summed E-state index contributed by atoms with van der Waals surface area (Å²) in [5.41, 5.74) is 4.77. The summed E-state index contributed by atoms with van der Waals surface area (Å²) in [6, 6.07) is 26.7. The van der Waals surface area contributed by atoms with Gasteiger partial charge < -0.3 is 23.8 Å². The Hall–Kier alpha value is -4.02. The van der Waals surface area contributed by atoms with Crippen molar-refractivity contribution in [2.24, 2.45) is 11.8 Å². The van der Waals surface area contributed by atoms with Gasteiger partial charge in [-0.1, -0.05) is 48.0 Å². The predicted molar refractivity (Wildman–Crippen MR) is 210 cm³/mol. The summed E-state index contributed by atoms with van der Waals surface area (Å²) in [7, 11) is 0.984. The molecule has 1 heterocycles. The van der Waals surface area contributed by atoms with E-state index >= 15 is 0 Å². The Morgan fingerprint density at radius 1 is 0.943 bits per heavy atom. The monoisotopic (exact) mass is 756 g/mol. The van der Waals surface area contributed by atoms with Crippen LogP contribution < -0.4 is 19.1 Å². The van der Waals surface area contributed by atoms with Crippen molar-refractivity contribution in [3.63, 3.8) is 0 Å². The van der Waals surface area contributed by atoms with E-state index in [1.165, 1.54) is 15.4 Å². The molecule has 0 saturated heterocycles. The lowest BCUT2D eigenvalue weighted by molar-refractivity contribution is 0.0135. The maximum absolute atomic E-state index is 14.8. The van der Waals surface area contributed by atoms with Crippen molar-refractivity contribution in [2.75, 3.05) is 45.9 Å². The van der Waals surface area contributed by atoms with Crippen LogP contribution in [-0.2, 0) is 39.7 Å². The number of fused-ring (bicyclic) bond motifs is 3. The third-order valence-electron chi connectivity index (χ3n) is 11.5. The molecule has 53 heavy (non-hydrogen) atoms. The average Bonchev–Trinajstić information content (AvgIpc) is 3.32. The molecule has 0 unspecified atom stereocenters. The molecule has 1 spiro atoms. The fourth-order valence-electron chi connectivity index (χ4n) is 8.48. The van der Waals surface area contributed by atoms with Crippen molar-refractivity contribution in [3.8, 4) is 17.2 Å². The molecule has 1 saturated carbocycles. The summed E-state index contributed by atoms with van der Waals surface area (Å²) in [5, 5.41) is 0.742.